The van der Waals surface area contributed by atoms with Gasteiger partial charge < -0.3 is 15.0 Å². The predicted octanol–water partition coefficient (Wildman–Crippen LogP) is 3.51. The second-order valence-corrected chi connectivity index (χ2v) is 7.64. The number of ether oxygens (including phenoxy) is 1. The van der Waals surface area contributed by atoms with Crippen LogP contribution < -0.4 is 10.6 Å². The molecule has 0 unspecified atom stereocenters. The maximum atomic E-state index is 12.6. The number of rotatable bonds is 5. The maximum Gasteiger partial charge on any atom is 0.414 e. The van der Waals surface area contributed by atoms with E-state index in [1.165, 1.54) is 6.07 Å². The molecule has 0 atom stereocenters. The lowest BCUT2D eigenvalue weighted by molar-refractivity contribution is 0.0723. The van der Waals surface area contributed by atoms with Crippen LogP contribution in [0.1, 0.15) is 57.3 Å². The largest absolute Gasteiger partial charge is 0.450 e. The van der Waals surface area contributed by atoms with Crippen LogP contribution in [0.25, 0.3) is 0 Å². The minimum Gasteiger partial charge on any atom is -0.450 e. The van der Waals surface area contributed by atoms with E-state index in [1.54, 1.807) is 36.6 Å². The molecule has 2 N–H and O–H groups in total. The van der Waals surface area contributed by atoms with Crippen molar-refractivity contribution in [2.75, 3.05) is 25.0 Å². The van der Waals surface area contributed by atoms with E-state index in [0.717, 1.165) is 43.7 Å². The van der Waals surface area contributed by atoms with Crippen molar-refractivity contribution in [2.45, 2.75) is 26.2 Å². The molecule has 3 rings (SSSR count). The standard InChI is InChI=1S/C21H23N3O5S/c1-2-29-21(28)23-18(26)16-10-13-30-19(16)22-17(25)14-6-8-15(9-7-14)20(27)24-11-4-3-5-12-24/h6-10,13H,2-5,11-12H2,1H3,(H,22,25)(H,23,26,28). The van der Waals surface area contributed by atoms with Crippen molar-refractivity contribution in [3.8, 4) is 0 Å². The molecule has 0 saturated carbocycles. The monoisotopic (exact) mass is 429 g/mol. The van der Waals surface area contributed by atoms with E-state index in [-0.39, 0.29) is 18.1 Å². The molecule has 1 saturated heterocycles. The summed E-state index contributed by atoms with van der Waals surface area (Å²) in [5.41, 5.74) is 1.06. The van der Waals surface area contributed by atoms with Gasteiger partial charge in [0.1, 0.15) is 5.00 Å². The van der Waals surface area contributed by atoms with Gasteiger partial charge in [-0.25, -0.2) is 4.79 Å². The number of hydrogen-bond donors (Lipinski definition) is 2. The quantitative estimate of drug-likeness (QED) is 0.757. The molecule has 0 spiro atoms. The number of alkyl carbamates (subject to hydrolysis) is 1. The fraction of sp³-hybridized carbons (Fsp3) is 0.333. The summed E-state index contributed by atoms with van der Waals surface area (Å²) >= 11 is 1.16. The Morgan fingerprint density at radius 2 is 1.63 bits per heavy atom. The Kier molecular flexibility index (Phi) is 7.18. The molecule has 0 aliphatic carbocycles. The van der Waals surface area contributed by atoms with Crippen LogP contribution in [0.15, 0.2) is 35.7 Å². The fourth-order valence-electron chi connectivity index (χ4n) is 3.13. The van der Waals surface area contributed by atoms with Crippen LogP contribution in [0.3, 0.4) is 0 Å². The number of nitrogens with one attached hydrogen (secondary N) is 2. The van der Waals surface area contributed by atoms with Gasteiger partial charge in [0.2, 0.25) is 0 Å². The number of hydrogen-bond acceptors (Lipinski definition) is 6. The minimum atomic E-state index is -0.847. The third-order valence-electron chi connectivity index (χ3n) is 4.67. The number of anilines is 1. The highest BCUT2D eigenvalue weighted by Gasteiger charge is 2.20. The molecule has 1 aliphatic rings. The van der Waals surface area contributed by atoms with E-state index < -0.39 is 17.9 Å². The molecule has 30 heavy (non-hydrogen) atoms. The number of amides is 4. The summed E-state index contributed by atoms with van der Waals surface area (Å²) in [6, 6.07) is 7.94. The average Bonchev–Trinajstić information content (AvgIpc) is 3.22. The summed E-state index contributed by atoms with van der Waals surface area (Å²) in [5.74, 6) is -1.11. The highest BCUT2D eigenvalue weighted by Crippen LogP contribution is 2.24. The third-order valence-corrected chi connectivity index (χ3v) is 5.50. The third kappa shape index (κ3) is 5.24. The van der Waals surface area contributed by atoms with Gasteiger partial charge in [0.05, 0.1) is 12.2 Å². The first kappa shape index (κ1) is 21.5. The maximum absolute atomic E-state index is 12.6. The van der Waals surface area contributed by atoms with Crippen molar-refractivity contribution in [2.24, 2.45) is 0 Å². The highest BCUT2D eigenvalue weighted by molar-refractivity contribution is 7.14. The first-order valence-electron chi connectivity index (χ1n) is 9.76. The fourth-order valence-corrected chi connectivity index (χ4v) is 3.91. The Labute approximate surface area is 178 Å². The van der Waals surface area contributed by atoms with Crippen LogP contribution in [-0.4, -0.2) is 48.4 Å². The zero-order valence-corrected chi connectivity index (χ0v) is 17.4. The second kappa shape index (κ2) is 10.0. The van der Waals surface area contributed by atoms with E-state index in [1.807, 2.05) is 4.90 Å². The van der Waals surface area contributed by atoms with Crippen LogP contribution in [-0.2, 0) is 4.74 Å². The molecule has 2 aromatic rings. The zero-order valence-electron chi connectivity index (χ0n) is 16.6. The molecule has 158 valence electrons. The van der Waals surface area contributed by atoms with Crippen LogP contribution in [0.2, 0.25) is 0 Å². The first-order valence-corrected chi connectivity index (χ1v) is 10.6. The molecular weight excluding hydrogens is 406 g/mol. The number of carbonyl (C=O) groups excluding carboxylic acids is 4. The van der Waals surface area contributed by atoms with E-state index in [4.69, 9.17) is 0 Å². The Hall–Kier alpha value is -3.20. The molecule has 4 amide bonds. The van der Waals surface area contributed by atoms with Crippen molar-refractivity contribution >= 4 is 40.2 Å². The number of piperidine rings is 1. The zero-order chi connectivity index (χ0) is 21.5. The number of likely N-dealkylation sites (tertiary alicyclic amines) is 1. The summed E-state index contributed by atoms with van der Waals surface area (Å²) < 4.78 is 4.69. The second-order valence-electron chi connectivity index (χ2n) is 6.72. The summed E-state index contributed by atoms with van der Waals surface area (Å²) in [5, 5.41) is 6.73. The normalized spacial score (nSPS) is 13.4. The average molecular weight is 429 g/mol. The van der Waals surface area contributed by atoms with Gasteiger partial charge >= 0.3 is 6.09 Å². The van der Waals surface area contributed by atoms with Crippen molar-refractivity contribution in [1.29, 1.82) is 0 Å². The SMILES string of the molecule is CCOC(=O)NC(=O)c1ccsc1NC(=O)c1ccc(C(=O)N2CCCCC2)cc1. The van der Waals surface area contributed by atoms with Crippen LogP contribution in [0.4, 0.5) is 9.80 Å². The number of thiophene rings is 1. The lowest BCUT2D eigenvalue weighted by Gasteiger charge is -2.26. The molecule has 1 aromatic heterocycles. The van der Waals surface area contributed by atoms with Crippen molar-refractivity contribution in [1.82, 2.24) is 10.2 Å². The van der Waals surface area contributed by atoms with Gasteiger partial charge in [0.25, 0.3) is 17.7 Å². The Bertz CT molecular complexity index is 932. The summed E-state index contributed by atoms with van der Waals surface area (Å²) in [4.78, 5) is 50.6. The van der Waals surface area contributed by atoms with Crippen molar-refractivity contribution < 1.29 is 23.9 Å². The van der Waals surface area contributed by atoms with Gasteiger partial charge in [-0.15, -0.1) is 11.3 Å². The van der Waals surface area contributed by atoms with Gasteiger partial charge in [-0.1, -0.05) is 0 Å². The number of imide groups is 1. The molecule has 0 radical (unpaired) electrons. The molecule has 0 bridgehead atoms. The number of carbonyl (C=O) groups is 4. The molecule has 8 nitrogen and oxygen atoms in total. The van der Waals surface area contributed by atoms with E-state index >= 15 is 0 Å². The Balaban J connectivity index is 1.64. The number of benzene rings is 1. The minimum absolute atomic E-state index is 0.0298. The molecular formula is C21H23N3O5S. The topological polar surface area (TPSA) is 105 Å². The van der Waals surface area contributed by atoms with Crippen molar-refractivity contribution in [3.05, 3.63) is 52.4 Å². The molecule has 2 heterocycles. The molecule has 1 aromatic carbocycles. The Morgan fingerprint density at radius 1 is 0.967 bits per heavy atom. The van der Waals surface area contributed by atoms with E-state index in [0.29, 0.717) is 16.1 Å². The van der Waals surface area contributed by atoms with Gasteiger partial charge in [-0.05, 0) is 61.9 Å². The first-order chi connectivity index (χ1) is 14.5. The summed E-state index contributed by atoms with van der Waals surface area (Å²) in [6.07, 6.45) is 2.32. The molecule has 1 aliphatic heterocycles. The lowest BCUT2D eigenvalue weighted by Crippen LogP contribution is -2.35. The van der Waals surface area contributed by atoms with Crippen LogP contribution >= 0.6 is 11.3 Å². The highest BCUT2D eigenvalue weighted by atomic mass is 32.1. The van der Waals surface area contributed by atoms with E-state index in [9.17, 15) is 19.2 Å². The van der Waals surface area contributed by atoms with Gasteiger partial charge in [-0.3, -0.25) is 19.7 Å². The summed E-state index contributed by atoms with van der Waals surface area (Å²) in [7, 11) is 0. The Morgan fingerprint density at radius 3 is 2.30 bits per heavy atom. The van der Waals surface area contributed by atoms with Gasteiger partial charge in [-0.2, -0.15) is 0 Å². The van der Waals surface area contributed by atoms with Crippen LogP contribution in [0, 0.1) is 0 Å². The van der Waals surface area contributed by atoms with Crippen LogP contribution in [0.5, 0.6) is 0 Å². The molecule has 1 fully saturated rings. The smallest absolute Gasteiger partial charge is 0.414 e. The summed E-state index contributed by atoms with van der Waals surface area (Å²) in [6.45, 7) is 3.29. The van der Waals surface area contributed by atoms with Gasteiger partial charge in [0, 0.05) is 24.2 Å². The lowest BCUT2D eigenvalue weighted by atomic mass is 10.1. The van der Waals surface area contributed by atoms with Gasteiger partial charge in [0.15, 0.2) is 0 Å². The molecule has 9 heteroatoms. The predicted molar refractivity (Wildman–Crippen MR) is 113 cm³/mol. The van der Waals surface area contributed by atoms with E-state index in [2.05, 4.69) is 15.4 Å². The van der Waals surface area contributed by atoms with Crippen molar-refractivity contribution in [3.63, 3.8) is 0 Å². The number of nitrogens with zero attached hydrogens (tertiary/aromatic N) is 1.